The van der Waals surface area contributed by atoms with E-state index in [1.807, 2.05) is 30.3 Å². The topological polar surface area (TPSA) is 20.2 Å². The van der Waals surface area contributed by atoms with Crippen molar-refractivity contribution < 1.29 is 5.11 Å². The third kappa shape index (κ3) is 2.92. The second kappa shape index (κ2) is 5.84. The Kier molecular flexibility index (Phi) is 3.91. The molecule has 2 heteroatoms. The van der Waals surface area contributed by atoms with E-state index < -0.39 is 6.10 Å². The molecule has 2 aromatic carbocycles. The van der Waals surface area contributed by atoms with Crippen LogP contribution in [0.1, 0.15) is 27.0 Å². The highest BCUT2D eigenvalue weighted by atomic mass is 32.1. The number of hydrogen-bond acceptors (Lipinski definition) is 2. The van der Waals surface area contributed by atoms with E-state index in [1.165, 1.54) is 21.6 Å². The van der Waals surface area contributed by atoms with Gasteiger partial charge in [0.1, 0.15) is 6.10 Å². The van der Waals surface area contributed by atoms with Crippen LogP contribution >= 0.6 is 11.3 Å². The minimum Gasteiger partial charge on any atom is -0.383 e. The van der Waals surface area contributed by atoms with Gasteiger partial charge in [0.2, 0.25) is 0 Å². The molecule has 0 amide bonds. The zero-order valence-corrected chi connectivity index (χ0v) is 13.0. The van der Waals surface area contributed by atoms with E-state index in [0.29, 0.717) is 0 Å². The number of thiophene rings is 1. The number of aliphatic hydroxyl groups excluding tert-OH is 1. The van der Waals surface area contributed by atoms with Crippen molar-refractivity contribution in [2.24, 2.45) is 0 Å². The molecule has 0 radical (unpaired) electrons. The second-order valence-corrected chi connectivity index (χ2v) is 6.57. The van der Waals surface area contributed by atoms with Crippen LogP contribution in [0.2, 0.25) is 0 Å². The van der Waals surface area contributed by atoms with Gasteiger partial charge in [-0.25, -0.2) is 0 Å². The van der Waals surface area contributed by atoms with Gasteiger partial charge in [0.05, 0.1) is 0 Å². The van der Waals surface area contributed by atoms with Gasteiger partial charge >= 0.3 is 0 Å². The third-order valence-electron chi connectivity index (χ3n) is 3.79. The van der Waals surface area contributed by atoms with Gasteiger partial charge in [0, 0.05) is 9.75 Å². The summed E-state index contributed by atoms with van der Waals surface area (Å²) in [5, 5.41) is 10.5. The van der Waals surface area contributed by atoms with Gasteiger partial charge in [-0.3, -0.25) is 0 Å². The lowest BCUT2D eigenvalue weighted by molar-refractivity contribution is 0.224. The Balaban J connectivity index is 1.87. The molecule has 1 N–H and O–H groups in total. The molecule has 0 saturated heterocycles. The van der Waals surface area contributed by atoms with Crippen LogP contribution in [0, 0.1) is 13.8 Å². The number of aryl methyl sites for hydroxylation is 2. The summed E-state index contributed by atoms with van der Waals surface area (Å²) >= 11 is 1.67. The maximum atomic E-state index is 10.5. The molecule has 1 heterocycles. The molecule has 3 rings (SSSR count). The van der Waals surface area contributed by atoms with E-state index in [9.17, 15) is 5.11 Å². The molecule has 0 spiro atoms. The van der Waals surface area contributed by atoms with E-state index in [0.717, 1.165) is 10.4 Å². The van der Waals surface area contributed by atoms with E-state index in [1.54, 1.807) is 11.3 Å². The summed E-state index contributed by atoms with van der Waals surface area (Å²) in [6.45, 7) is 4.18. The fourth-order valence-electron chi connectivity index (χ4n) is 2.39. The molecular weight excluding hydrogens is 276 g/mol. The first kappa shape index (κ1) is 14.1. The summed E-state index contributed by atoms with van der Waals surface area (Å²) in [7, 11) is 0. The average molecular weight is 294 g/mol. The zero-order chi connectivity index (χ0) is 14.8. The van der Waals surface area contributed by atoms with Crippen LogP contribution in [0.15, 0.2) is 60.7 Å². The predicted molar refractivity (Wildman–Crippen MR) is 89.7 cm³/mol. The highest BCUT2D eigenvalue weighted by molar-refractivity contribution is 7.12. The van der Waals surface area contributed by atoms with E-state index in [-0.39, 0.29) is 0 Å². The van der Waals surface area contributed by atoms with Gasteiger partial charge in [-0.15, -0.1) is 11.3 Å². The Labute approximate surface area is 129 Å². The molecule has 0 fully saturated rings. The molecule has 0 bridgehead atoms. The Morgan fingerprint density at radius 2 is 1.48 bits per heavy atom. The number of aliphatic hydroxyl groups is 1. The highest BCUT2D eigenvalue weighted by Crippen LogP contribution is 2.31. The van der Waals surface area contributed by atoms with Crippen molar-refractivity contribution in [3.8, 4) is 11.1 Å². The normalized spacial score (nSPS) is 12.3. The molecule has 3 aromatic rings. The fraction of sp³-hybridized carbons (Fsp3) is 0.158. The highest BCUT2D eigenvalue weighted by Gasteiger charge is 2.14. The summed E-state index contributed by atoms with van der Waals surface area (Å²) in [5.41, 5.74) is 4.55. The Hall–Kier alpha value is -1.90. The lowest BCUT2D eigenvalue weighted by Crippen LogP contribution is -1.96. The Morgan fingerprint density at radius 1 is 0.857 bits per heavy atom. The molecule has 1 atom stereocenters. The van der Waals surface area contributed by atoms with Gasteiger partial charge in [-0.2, -0.15) is 0 Å². The molecule has 0 aliphatic carbocycles. The summed E-state index contributed by atoms with van der Waals surface area (Å²) in [4.78, 5) is 2.28. The van der Waals surface area contributed by atoms with Crippen LogP contribution in [-0.4, -0.2) is 5.11 Å². The minimum atomic E-state index is -0.535. The van der Waals surface area contributed by atoms with Crippen molar-refractivity contribution in [2.75, 3.05) is 0 Å². The fourth-order valence-corrected chi connectivity index (χ4v) is 3.45. The van der Waals surface area contributed by atoms with Crippen LogP contribution < -0.4 is 0 Å². The summed E-state index contributed by atoms with van der Waals surface area (Å²) in [6, 6.07) is 20.5. The van der Waals surface area contributed by atoms with E-state index in [2.05, 4.69) is 44.2 Å². The quantitative estimate of drug-likeness (QED) is 0.711. The van der Waals surface area contributed by atoms with Gasteiger partial charge in [0.15, 0.2) is 0 Å². The van der Waals surface area contributed by atoms with Crippen LogP contribution in [0.3, 0.4) is 0 Å². The van der Waals surface area contributed by atoms with Gasteiger partial charge in [-0.1, -0.05) is 54.6 Å². The molecule has 0 aliphatic rings. The number of benzene rings is 2. The Bertz CT molecular complexity index is 707. The molecule has 1 nitrogen and oxygen atoms in total. The third-order valence-corrected chi connectivity index (χ3v) is 4.99. The van der Waals surface area contributed by atoms with Crippen LogP contribution in [0.25, 0.3) is 11.1 Å². The van der Waals surface area contributed by atoms with Gasteiger partial charge in [0.25, 0.3) is 0 Å². The monoisotopic (exact) mass is 294 g/mol. The van der Waals surface area contributed by atoms with Crippen LogP contribution in [-0.2, 0) is 0 Å². The first-order chi connectivity index (χ1) is 10.1. The molecule has 106 valence electrons. The van der Waals surface area contributed by atoms with Crippen LogP contribution in [0.5, 0.6) is 0 Å². The minimum absolute atomic E-state index is 0.535. The first-order valence-electron chi connectivity index (χ1n) is 7.05. The van der Waals surface area contributed by atoms with Gasteiger partial charge in [-0.05, 0) is 42.2 Å². The van der Waals surface area contributed by atoms with Crippen molar-refractivity contribution in [1.82, 2.24) is 0 Å². The van der Waals surface area contributed by atoms with E-state index in [4.69, 9.17) is 0 Å². The van der Waals surface area contributed by atoms with Crippen molar-refractivity contribution in [3.63, 3.8) is 0 Å². The van der Waals surface area contributed by atoms with E-state index >= 15 is 0 Å². The summed E-state index contributed by atoms with van der Waals surface area (Å²) in [5.74, 6) is 0. The SMILES string of the molecule is Cc1cc(C(O)c2ccc(-c3ccccc3)cc2)sc1C. The van der Waals surface area contributed by atoms with Crippen LogP contribution in [0.4, 0.5) is 0 Å². The standard InChI is InChI=1S/C19H18OS/c1-13-12-18(21-14(13)2)19(20)17-10-8-16(9-11-17)15-6-4-3-5-7-15/h3-12,19-20H,1-2H3. The van der Waals surface area contributed by atoms with Gasteiger partial charge < -0.3 is 5.11 Å². The predicted octanol–water partition coefficient (Wildman–Crippen LogP) is 5.11. The molecular formula is C19H18OS. The first-order valence-corrected chi connectivity index (χ1v) is 7.87. The smallest absolute Gasteiger partial charge is 0.113 e. The van der Waals surface area contributed by atoms with Crippen molar-refractivity contribution in [2.45, 2.75) is 20.0 Å². The lowest BCUT2D eigenvalue weighted by atomic mass is 10.0. The summed E-state index contributed by atoms with van der Waals surface area (Å²) in [6.07, 6.45) is -0.535. The Morgan fingerprint density at radius 3 is 2.05 bits per heavy atom. The molecule has 1 aromatic heterocycles. The second-order valence-electron chi connectivity index (χ2n) is 5.28. The zero-order valence-electron chi connectivity index (χ0n) is 12.2. The maximum Gasteiger partial charge on any atom is 0.113 e. The summed E-state index contributed by atoms with van der Waals surface area (Å²) < 4.78 is 0. The van der Waals surface area contributed by atoms with Crippen molar-refractivity contribution >= 4 is 11.3 Å². The average Bonchev–Trinajstić information content (AvgIpc) is 2.87. The molecule has 0 aliphatic heterocycles. The van der Waals surface area contributed by atoms with Crippen molar-refractivity contribution in [1.29, 1.82) is 0 Å². The molecule has 1 unspecified atom stereocenters. The molecule has 0 saturated carbocycles. The molecule has 21 heavy (non-hydrogen) atoms. The maximum absolute atomic E-state index is 10.5. The lowest BCUT2D eigenvalue weighted by Gasteiger charge is -2.10. The largest absolute Gasteiger partial charge is 0.383 e. The number of hydrogen-bond donors (Lipinski definition) is 1. The van der Waals surface area contributed by atoms with Crippen molar-refractivity contribution in [3.05, 3.63) is 81.5 Å². The number of rotatable bonds is 3.